The molecule has 0 aliphatic rings. The van der Waals surface area contributed by atoms with Crippen LogP contribution in [0.15, 0.2) is 0 Å². The lowest BCUT2D eigenvalue weighted by Crippen LogP contribution is -2.43. The van der Waals surface area contributed by atoms with Gasteiger partial charge in [0.1, 0.15) is 0 Å². The van der Waals surface area contributed by atoms with Crippen molar-refractivity contribution in [3.8, 4) is 12.3 Å². The predicted molar refractivity (Wildman–Crippen MR) is 53.9 cm³/mol. The second-order valence-electron chi connectivity index (χ2n) is 3.36. The van der Waals surface area contributed by atoms with Gasteiger partial charge in [-0.05, 0) is 5.92 Å². The minimum absolute atomic E-state index is 0.0119. The lowest BCUT2D eigenvalue weighted by molar-refractivity contribution is -0.121. The Morgan fingerprint density at radius 2 is 2.23 bits per heavy atom. The molecule has 0 aromatic rings. The van der Waals surface area contributed by atoms with Crippen molar-refractivity contribution in [1.29, 1.82) is 0 Å². The molecule has 0 bridgehead atoms. The quantitative estimate of drug-likeness (QED) is 0.608. The Morgan fingerprint density at radius 3 is 2.62 bits per heavy atom. The van der Waals surface area contributed by atoms with Crippen molar-refractivity contribution in [3.63, 3.8) is 0 Å². The van der Waals surface area contributed by atoms with Crippen molar-refractivity contribution in [2.24, 2.45) is 11.7 Å². The molecule has 1 unspecified atom stereocenters. The van der Waals surface area contributed by atoms with Gasteiger partial charge in [0.2, 0.25) is 5.91 Å². The largest absolute Gasteiger partial charge is 0.352 e. The summed E-state index contributed by atoms with van der Waals surface area (Å²) < 4.78 is 0. The van der Waals surface area contributed by atoms with Crippen molar-refractivity contribution in [1.82, 2.24) is 5.32 Å². The van der Waals surface area contributed by atoms with Crippen LogP contribution in [-0.4, -0.2) is 18.5 Å². The molecule has 3 nitrogen and oxygen atoms in total. The van der Waals surface area contributed by atoms with Crippen LogP contribution in [0.25, 0.3) is 0 Å². The monoisotopic (exact) mass is 182 g/mol. The van der Waals surface area contributed by atoms with E-state index < -0.39 is 0 Å². The van der Waals surface area contributed by atoms with E-state index >= 15 is 0 Å². The van der Waals surface area contributed by atoms with Gasteiger partial charge in [-0.1, -0.05) is 13.8 Å². The highest BCUT2D eigenvalue weighted by Crippen LogP contribution is 2.00. The van der Waals surface area contributed by atoms with Crippen LogP contribution in [0.2, 0.25) is 0 Å². The number of terminal acetylenes is 1. The van der Waals surface area contributed by atoms with E-state index in [-0.39, 0.29) is 11.9 Å². The Hall–Kier alpha value is -1.01. The molecule has 0 aromatic carbocycles. The molecule has 0 spiro atoms. The van der Waals surface area contributed by atoms with Crippen molar-refractivity contribution in [2.75, 3.05) is 6.54 Å². The number of nitrogens with one attached hydrogen (secondary N) is 1. The number of amides is 1. The highest BCUT2D eigenvalue weighted by Gasteiger charge is 2.13. The van der Waals surface area contributed by atoms with E-state index in [9.17, 15) is 4.79 Å². The minimum Gasteiger partial charge on any atom is -0.352 e. The average molecular weight is 182 g/mol. The number of carbonyl (C=O) groups is 1. The molecular formula is C10H18N2O. The zero-order valence-electron chi connectivity index (χ0n) is 8.34. The van der Waals surface area contributed by atoms with Gasteiger partial charge in [0.15, 0.2) is 0 Å². The van der Waals surface area contributed by atoms with Crippen molar-refractivity contribution in [2.45, 2.75) is 32.7 Å². The number of carbonyl (C=O) groups excluding carboxylic acids is 1. The first-order valence-electron chi connectivity index (χ1n) is 4.54. The van der Waals surface area contributed by atoms with E-state index in [1.165, 1.54) is 0 Å². The fraction of sp³-hybridized carbons (Fsp3) is 0.700. The molecule has 0 saturated carbocycles. The summed E-state index contributed by atoms with van der Waals surface area (Å²) in [4.78, 5) is 11.2. The fourth-order valence-corrected chi connectivity index (χ4v) is 0.962. The first-order valence-corrected chi connectivity index (χ1v) is 4.54. The molecular weight excluding hydrogens is 164 g/mol. The van der Waals surface area contributed by atoms with E-state index in [0.717, 1.165) is 0 Å². The van der Waals surface area contributed by atoms with Gasteiger partial charge in [-0.25, -0.2) is 0 Å². The Morgan fingerprint density at radius 1 is 1.62 bits per heavy atom. The van der Waals surface area contributed by atoms with Gasteiger partial charge in [-0.3, -0.25) is 4.79 Å². The molecule has 0 radical (unpaired) electrons. The maximum atomic E-state index is 11.2. The molecule has 74 valence electrons. The molecule has 13 heavy (non-hydrogen) atoms. The molecule has 0 heterocycles. The van der Waals surface area contributed by atoms with E-state index in [2.05, 4.69) is 11.2 Å². The fourth-order valence-electron chi connectivity index (χ4n) is 0.962. The van der Waals surface area contributed by atoms with Crippen LogP contribution in [0.3, 0.4) is 0 Å². The van der Waals surface area contributed by atoms with Crippen LogP contribution in [0.1, 0.15) is 26.7 Å². The van der Waals surface area contributed by atoms with Crippen LogP contribution in [0, 0.1) is 18.3 Å². The van der Waals surface area contributed by atoms with Crippen molar-refractivity contribution >= 4 is 5.91 Å². The summed E-state index contributed by atoms with van der Waals surface area (Å²) in [6.07, 6.45) is 5.92. The first kappa shape index (κ1) is 12.0. The third-order valence-corrected chi connectivity index (χ3v) is 1.90. The summed E-state index contributed by atoms with van der Waals surface area (Å²) in [7, 11) is 0. The second kappa shape index (κ2) is 6.50. The predicted octanol–water partition coefficient (Wildman–Crippen LogP) is 0.499. The maximum absolute atomic E-state index is 11.2. The lowest BCUT2D eigenvalue weighted by atomic mass is 10.0. The Balaban J connectivity index is 3.81. The zero-order chi connectivity index (χ0) is 10.3. The summed E-state index contributed by atoms with van der Waals surface area (Å²) in [6.45, 7) is 4.53. The average Bonchev–Trinajstić information content (AvgIpc) is 2.10. The summed E-state index contributed by atoms with van der Waals surface area (Å²) in [5.74, 6) is 2.78. The van der Waals surface area contributed by atoms with Gasteiger partial charge in [-0.15, -0.1) is 12.3 Å². The normalized spacial score (nSPS) is 12.2. The summed E-state index contributed by atoms with van der Waals surface area (Å²) >= 11 is 0. The minimum atomic E-state index is -0.0119. The number of hydrogen-bond acceptors (Lipinski definition) is 2. The van der Waals surface area contributed by atoms with Crippen molar-refractivity contribution in [3.05, 3.63) is 0 Å². The van der Waals surface area contributed by atoms with Gasteiger partial charge in [-0.2, -0.15) is 0 Å². The van der Waals surface area contributed by atoms with Gasteiger partial charge in [0.05, 0.1) is 0 Å². The number of hydrogen-bond donors (Lipinski definition) is 2. The van der Waals surface area contributed by atoms with E-state index in [0.29, 0.717) is 25.3 Å². The highest BCUT2D eigenvalue weighted by molar-refractivity contribution is 5.76. The van der Waals surface area contributed by atoms with Crippen molar-refractivity contribution < 1.29 is 4.79 Å². The Bertz CT molecular complexity index is 194. The molecule has 0 saturated heterocycles. The van der Waals surface area contributed by atoms with E-state index in [4.69, 9.17) is 12.2 Å². The number of nitrogens with two attached hydrogens (primary N) is 1. The highest BCUT2D eigenvalue weighted by atomic mass is 16.1. The van der Waals surface area contributed by atoms with Crippen LogP contribution in [0.4, 0.5) is 0 Å². The smallest absolute Gasteiger partial charge is 0.221 e. The molecule has 0 aromatic heterocycles. The molecule has 1 amide bonds. The zero-order valence-corrected chi connectivity index (χ0v) is 8.34. The first-order chi connectivity index (χ1) is 6.11. The van der Waals surface area contributed by atoms with Gasteiger partial charge >= 0.3 is 0 Å². The number of rotatable bonds is 5. The topological polar surface area (TPSA) is 55.1 Å². The molecule has 3 heteroatoms. The Labute approximate surface area is 80.1 Å². The lowest BCUT2D eigenvalue weighted by Gasteiger charge is -2.20. The van der Waals surface area contributed by atoms with E-state index in [1.54, 1.807) is 0 Å². The van der Waals surface area contributed by atoms with Gasteiger partial charge in [0, 0.05) is 25.4 Å². The van der Waals surface area contributed by atoms with Gasteiger partial charge in [0.25, 0.3) is 0 Å². The maximum Gasteiger partial charge on any atom is 0.221 e. The van der Waals surface area contributed by atoms with Crippen LogP contribution >= 0.6 is 0 Å². The van der Waals surface area contributed by atoms with Crippen LogP contribution < -0.4 is 11.1 Å². The van der Waals surface area contributed by atoms with E-state index in [1.807, 2.05) is 13.8 Å². The molecule has 0 rings (SSSR count). The Kier molecular flexibility index (Phi) is 5.99. The molecule has 0 aliphatic heterocycles. The van der Waals surface area contributed by atoms with Crippen LogP contribution in [-0.2, 0) is 4.79 Å². The third kappa shape index (κ3) is 5.26. The summed E-state index contributed by atoms with van der Waals surface area (Å²) in [5, 5.41) is 2.84. The molecule has 3 N–H and O–H groups in total. The third-order valence-electron chi connectivity index (χ3n) is 1.90. The molecule has 0 aliphatic carbocycles. The molecule has 1 atom stereocenters. The standard InChI is InChI=1S/C10H18N2O/c1-4-5-6-10(13)12-9(7-11)8(2)3/h1,8-9H,5-7,11H2,2-3H3,(H,12,13). The van der Waals surface area contributed by atoms with Gasteiger partial charge < -0.3 is 11.1 Å². The molecule has 0 fully saturated rings. The summed E-state index contributed by atoms with van der Waals surface area (Å²) in [5.41, 5.74) is 5.50. The van der Waals surface area contributed by atoms with Crippen LogP contribution in [0.5, 0.6) is 0 Å². The second-order valence-corrected chi connectivity index (χ2v) is 3.36. The summed E-state index contributed by atoms with van der Waals surface area (Å²) in [6, 6.07) is 0.0604. The SMILES string of the molecule is C#CCCC(=O)NC(CN)C(C)C.